The van der Waals surface area contributed by atoms with Crippen LogP contribution in [0.5, 0.6) is 11.5 Å². The number of amides is 1. The van der Waals surface area contributed by atoms with E-state index in [1.54, 1.807) is 12.1 Å². The largest absolute Gasteiger partial charge is 0.458 e. The molecule has 0 heterocycles. The van der Waals surface area contributed by atoms with Gasteiger partial charge in [0.15, 0.2) is 6.10 Å². The lowest BCUT2D eigenvalue weighted by Crippen LogP contribution is -2.35. The van der Waals surface area contributed by atoms with Crippen LogP contribution in [-0.2, 0) is 30.3 Å². The highest BCUT2D eigenvalue weighted by atomic mass is 16.6. The van der Waals surface area contributed by atoms with Crippen molar-refractivity contribution in [3.8, 4) is 35.8 Å². The molecule has 1 amide bonds. The number of hydrogen-bond donors (Lipinski definition) is 3. The van der Waals surface area contributed by atoms with Gasteiger partial charge < -0.3 is 40.5 Å². The molecule has 0 aliphatic heterocycles. The first kappa shape index (κ1) is 26.3. The summed E-state index contributed by atoms with van der Waals surface area (Å²) in [5.74, 6) is -0.879. The lowest BCUT2D eigenvalue weighted by molar-refractivity contribution is -0.147. The average Bonchev–Trinajstić information content (AvgIpc) is 2.81. The van der Waals surface area contributed by atoms with E-state index in [9.17, 15) is 14.4 Å². The van der Waals surface area contributed by atoms with Gasteiger partial charge in [-0.25, -0.2) is 14.4 Å². The molecule has 1 atom stereocenters. The number of carbonyl (C=O) groups is 3. The van der Waals surface area contributed by atoms with Gasteiger partial charge in [-0.05, 0) is 24.6 Å². The van der Waals surface area contributed by atoms with Crippen LogP contribution in [0.25, 0.3) is 0 Å². The third kappa shape index (κ3) is 10.7. The molecule has 1 rings (SSSR count). The van der Waals surface area contributed by atoms with E-state index in [0.717, 1.165) is 6.08 Å². The van der Waals surface area contributed by atoms with E-state index in [1.807, 2.05) is 0 Å². The summed E-state index contributed by atoms with van der Waals surface area (Å²) in [5, 5.41) is 2.50. The molecule has 33 heavy (non-hydrogen) atoms. The van der Waals surface area contributed by atoms with Gasteiger partial charge in [-0.1, -0.05) is 13.2 Å². The van der Waals surface area contributed by atoms with Crippen LogP contribution in [0, 0.1) is 24.3 Å². The predicted molar refractivity (Wildman–Crippen MR) is 116 cm³/mol. The van der Waals surface area contributed by atoms with Crippen LogP contribution in [0.3, 0.4) is 0 Å². The van der Waals surface area contributed by atoms with Crippen LogP contribution in [-0.4, -0.2) is 37.3 Å². The quantitative estimate of drug-likeness (QED) is 0.141. The van der Waals surface area contributed by atoms with Crippen molar-refractivity contribution < 1.29 is 38.1 Å². The Hall–Kier alpha value is -4.77. The SMILES string of the molecule is C=CC(=O)OCC(COC(=O)C(=C)C)OC(=O)NCc1cc(OC#CN)cc(OC#CN)c1. The summed E-state index contributed by atoms with van der Waals surface area (Å²) < 4.78 is 25.3. The maximum atomic E-state index is 12.2. The maximum Gasteiger partial charge on any atom is 0.407 e. The highest BCUT2D eigenvalue weighted by Crippen LogP contribution is 2.23. The predicted octanol–water partition coefficient (Wildman–Crippen LogP) is 0.642. The van der Waals surface area contributed by atoms with E-state index in [1.165, 1.54) is 13.0 Å². The highest BCUT2D eigenvalue weighted by Gasteiger charge is 2.19. The molecule has 0 aliphatic rings. The second-order valence-corrected chi connectivity index (χ2v) is 6.10. The molecule has 11 nitrogen and oxygen atoms in total. The van der Waals surface area contributed by atoms with E-state index in [4.69, 9.17) is 35.2 Å². The van der Waals surface area contributed by atoms with Gasteiger partial charge >= 0.3 is 18.0 Å². The van der Waals surface area contributed by atoms with Crippen molar-refractivity contribution in [3.05, 3.63) is 48.6 Å². The fourth-order valence-corrected chi connectivity index (χ4v) is 2.04. The first-order valence-corrected chi connectivity index (χ1v) is 9.24. The summed E-state index contributed by atoms with van der Waals surface area (Å²) in [4.78, 5) is 35.1. The minimum atomic E-state index is -1.08. The van der Waals surface area contributed by atoms with Crippen molar-refractivity contribution in [1.82, 2.24) is 5.32 Å². The van der Waals surface area contributed by atoms with Gasteiger partial charge in [-0.15, -0.1) is 0 Å². The van der Waals surface area contributed by atoms with Crippen LogP contribution in [0.2, 0.25) is 0 Å². The van der Waals surface area contributed by atoms with Gasteiger partial charge in [0.1, 0.15) is 36.9 Å². The van der Waals surface area contributed by atoms with Crippen molar-refractivity contribution in [3.63, 3.8) is 0 Å². The fourth-order valence-electron chi connectivity index (χ4n) is 2.04. The van der Waals surface area contributed by atoms with Crippen molar-refractivity contribution in [2.24, 2.45) is 11.5 Å². The Kier molecular flexibility index (Phi) is 11.4. The molecule has 174 valence electrons. The zero-order chi connectivity index (χ0) is 24.6. The molecule has 0 aromatic heterocycles. The van der Waals surface area contributed by atoms with Crippen LogP contribution in [0.15, 0.2) is 43.0 Å². The van der Waals surface area contributed by atoms with Crippen molar-refractivity contribution >= 4 is 18.0 Å². The average molecular weight is 457 g/mol. The van der Waals surface area contributed by atoms with Crippen LogP contribution in [0.4, 0.5) is 4.79 Å². The third-order valence-electron chi connectivity index (χ3n) is 3.43. The van der Waals surface area contributed by atoms with Crippen LogP contribution in [0.1, 0.15) is 12.5 Å². The number of alkyl carbamates (subject to hydrolysis) is 1. The normalized spacial score (nSPS) is 9.97. The molecule has 0 fully saturated rings. The Balaban J connectivity index is 2.81. The molecule has 1 aromatic carbocycles. The summed E-state index contributed by atoms with van der Waals surface area (Å²) in [6.45, 7) is 7.43. The fraction of sp³-hybridized carbons (Fsp3) is 0.227. The smallest absolute Gasteiger partial charge is 0.407 e. The van der Waals surface area contributed by atoms with Crippen molar-refractivity contribution in [1.29, 1.82) is 0 Å². The number of nitrogens with two attached hydrogens (primary N) is 2. The lowest BCUT2D eigenvalue weighted by Gasteiger charge is -2.18. The van der Waals surface area contributed by atoms with Gasteiger partial charge in [0.2, 0.25) is 0 Å². The summed E-state index contributed by atoms with van der Waals surface area (Å²) in [7, 11) is 0. The molecule has 0 radical (unpaired) electrons. The monoisotopic (exact) mass is 457 g/mol. The highest BCUT2D eigenvalue weighted by molar-refractivity contribution is 5.87. The second kappa shape index (κ2) is 14.3. The molecule has 1 unspecified atom stereocenters. The van der Waals surface area contributed by atoms with Crippen LogP contribution < -0.4 is 26.3 Å². The Morgan fingerprint density at radius 3 is 2.15 bits per heavy atom. The summed E-state index contributed by atoms with van der Waals surface area (Å²) in [5.41, 5.74) is 10.9. The Morgan fingerprint density at radius 2 is 1.64 bits per heavy atom. The van der Waals surface area contributed by atoms with E-state index in [0.29, 0.717) is 5.56 Å². The Morgan fingerprint density at radius 1 is 1.06 bits per heavy atom. The van der Waals surface area contributed by atoms with Gasteiger partial charge in [0.25, 0.3) is 0 Å². The first-order valence-electron chi connectivity index (χ1n) is 9.24. The van der Waals surface area contributed by atoms with E-state index in [-0.39, 0.29) is 36.8 Å². The Bertz CT molecular complexity index is 974. The lowest BCUT2D eigenvalue weighted by atomic mass is 10.2. The second-order valence-electron chi connectivity index (χ2n) is 6.10. The topological polar surface area (TPSA) is 161 Å². The summed E-state index contributed by atoms with van der Waals surface area (Å²) >= 11 is 0. The molecule has 5 N–H and O–H groups in total. The molecule has 0 spiro atoms. The molecule has 0 saturated carbocycles. The van der Waals surface area contributed by atoms with E-state index in [2.05, 4.69) is 42.8 Å². The standard InChI is InChI=1S/C22H23N3O8/c1-4-20(26)31-13-19(14-32-21(27)15(2)3)33-22(28)25-12-16-9-17(29-7-5-23)11-18(10-16)30-8-6-24/h4,9-11,19H,1-2,12-14,23-24H2,3H3,(H,25,28). The van der Waals surface area contributed by atoms with Gasteiger partial charge in [0, 0.05) is 36.3 Å². The summed E-state index contributed by atoms with van der Waals surface area (Å²) in [6.07, 6.45) is 3.44. The summed E-state index contributed by atoms with van der Waals surface area (Å²) in [6, 6.07) is 8.78. The zero-order valence-corrected chi connectivity index (χ0v) is 17.8. The van der Waals surface area contributed by atoms with Gasteiger partial charge in [0.05, 0.1) is 0 Å². The molecule has 0 aliphatic carbocycles. The van der Waals surface area contributed by atoms with Gasteiger partial charge in [-0.2, -0.15) is 0 Å². The number of esters is 2. The minimum Gasteiger partial charge on any atom is -0.458 e. The van der Waals surface area contributed by atoms with Crippen LogP contribution >= 0.6 is 0 Å². The molecule has 0 saturated heterocycles. The number of ether oxygens (including phenoxy) is 5. The molecular weight excluding hydrogens is 434 g/mol. The zero-order valence-electron chi connectivity index (χ0n) is 17.8. The molecule has 11 heteroatoms. The maximum absolute atomic E-state index is 12.2. The first-order chi connectivity index (χ1) is 15.8. The van der Waals surface area contributed by atoms with Crippen molar-refractivity contribution in [2.75, 3.05) is 13.2 Å². The minimum absolute atomic E-state index is 0.0246. The van der Waals surface area contributed by atoms with Gasteiger partial charge in [-0.3, -0.25) is 0 Å². The number of carbonyl (C=O) groups excluding carboxylic acids is 3. The van der Waals surface area contributed by atoms with E-state index < -0.39 is 24.1 Å². The number of nitrogens with one attached hydrogen (secondary N) is 1. The molecular formula is C22H23N3O8. The third-order valence-corrected chi connectivity index (χ3v) is 3.43. The number of benzene rings is 1. The van der Waals surface area contributed by atoms with E-state index >= 15 is 0 Å². The molecule has 0 bridgehead atoms. The van der Waals surface area contributed by atoms with Crippen molar-refractivity contribution in [2.45, 2.75) is 19.6 Å². The number of rotatable bonds is 11. The number of hydrogen-bond acceptors (Lipinski definition) is 10. The molecule has 1 aromatic rings. The Labute approximate surface area is 190 Å².